The molecule has 0 saturated heterocycles. The van der Waals surface area contributed by atoms with Gasteiger partial charge in [-0.05, 0) is 35.9 Å². The van der Waals surface area contributed by atoms with Crippen molar-refractivity contribution in [2.75, 3.05) is 14.2 Å². The van der Waals surface area contributed by atoms with Crippen LogP contribution in [-0.2, 0) is 9.53 Å². The normalized spacial score (nSPS) is 15.3. The van der Waals surface area contributed by atoms with Gasteiger partial charge < -0.3 is 14.2 Å². The van der Waals surface area contributed by atoms with E-state index >= 15 is 0 Å². The Hall–Kier alpha value is -3.08. The van der Waals surface area contributed by atoms with Gasteiger partial charge in [-0.1, -0.05) is 6.07 Å². The predicted octanol–water partition coefficient (Wildman–Crippen LogP) is 3.08. The number of ether oxygens (including phenoxy) is 3. The second-order valence-corrected chi connectivity index (χ2v) is 4.85. The molecule has 0 amide bonds. The van der Waals surface area contributed by atoms with Crippen LogP contribution in [0.15, 0.2) is 54.4 Å². The molecule has 0 spiro atoms. The molecule has 0 atom stereocenters. The number of pyridine rings is 1. The third-order valence-electron chi connectivity index (χ3n) is 3.41. The highest BCUT2D eigenvalue weighted by Crippen LogP contribution is 2.35. The van der Waals surface area contributed by atoms with E-state index < -0.39 is 5.97 Å². The molecule has 5 heteroatoms. The lowest BCUT2D eigenvalue weighted by Crippen LogP contribution is -1.98. The molecule has 0 radical (unpaired) electrons. The maximum atomic E-state index is 12.1. The topological polar surface area (TPSA) is 57.7 Å². The van der Waals surface area contributed by atoms with Gasteiger partial charge in [-0.25, -0.2) is 4.79 Å². The van der Waals surface area contributed by atoms with Crippen LogP contribution >= 0.6 is 0 Å². The van der Waals surface area contributed by atoms with E-state index in [4.69, 9.17) is 14.2 Å². The molecule has 23 heavy (non-hydrogen) atoms. The largest absolute Gasteiger partial charge is 0.497 e. The summed E-state index contributed by atoms with van der Waals surface area (Å²) >= 11 is 0. The Labute approximate surface area is 133 Å². The van der Waals surface area contributed by atoms with Gasteiger partial charge in [0.05, 0.1) is 25.4 Å². The Bertz CT molecular complexity index is 794. The monoisotopic (exact) mass is 309 g/mol. The van der Waals surface area contributed by atoms with Crippen molar-refractivity contribution in [3.05, 3.63) is 65.5 Å². The second-order valence-electron chi connectivity index (χ2n) is 4.85. The molecule has 0 N–H and O–H groups in total. The van der Waals surface area contributed by atoms with Crippen LogP contribution in [0, 0.1) is 0 Å². The molecule has 0 fully saturated rings. The number of benzene rings is 1. The summed E-state index contributed by atoms with van der Waals surface area (Å²) in [4.78, 5) is 16.1. The summed E-state index contributed by atoms with van der Waals surface area (Å²) in [5.74, 6) is 1.29. The lowest BCUT2D eigenvalue weighted by atomic mass is 10.1. The lowest BCUT2D eigenvalue weighted by molar-refractivity contribution is -0.130. The fraction of sp³-hybridized carbons (Fsp3) is 0.111. The number of nitrogens with zero attached hydrogens (tertiary/aromatic N) is 1. The van der Waals surface area contributed by atoms with Gasteiger partial charge in [-0.15, -0.1) is 0 Å². The molecule has 0 saturated carbocycles. The maximum absolute atomic E-state index is 12.1. The van der Waals surface area contributed by atoms with Crippen molar-refractivity contribution in [2.24, 2.45) is 0 Å². The first-order chi connectivity index (χ1) is 11.2. The van der Waals surface area contributed by atoms with Crippen molar-refractivity contribution >= 4 is 17.8 Å². The highest BCUT2D eigenvalue weighted by molar-refractivity contribution is 6.05. The van der Waals surface area contributed by atoms with Crippen molar-refractivity contribution in [1.29, 1.82) is 0 Å². The molecule has 0 aliphatic carbocycles. The van der Waals surface area contributed by atoms with Crippen LogP contribution in [0.25, 0.3) is 11.8 Å². The Kier molecular flexibility index (Phi) is 4.10. The van der Waals surface area contributed by atoms with Crippen LogP contribution in [-0.4, -0.2) is 25.2 Å². The predicted molar refractivity (Wildman–Crippen MR) is 85.8 cm³/mol. The molecule has 1 aliphatic heterocycles. The molecule has 116 valence electrons. The summed E-state index contributed by atoms with van der Waals surface area (Å²) < 4.78 is 15.9. The number of esters is 1. The minimum absolute atomic E-state index is 0.401. The van der Waals surface area contributed by atoms with Gasteiger partial charge >= 0.3 is 5.97 Å². The quantitative estimate of drug-likeness (QED) is 0.641. The van der Waals surface area contributed by atoms with E-state index in [1.165, 1.54) is 0 Å². The summed E-state index contributed by atoms with van der Waals surface area (Å²) in [6, 6.07) is 9.00. The number of carbonyl (C=O) groups is 1. The Balaban J connectivity index is 1.97. The molecule has 0 unspecified atom stereocenters. The average Bonchev–Trinajstić information content (AvgIpc) is 2.95. The molecule has 2 heterocycles. The molecule has 3 rings (SSSR count). The summed E-state index contributed by atoms with van der Waals surface area (Å²) in [6.45, 7) is 0. The SMILES string of the molecule is COc1ccc(C2=C/C(=C/c3cccnc3)C(=O)O2)c(OC)c1. The fourth-order valence-corrected chi connectivity index (χ4v) is 2.26. The molecular weight excluding hydrogens is 294 g/mol. The van der Waals surface area contributed by atoms with E-state index in [2.05, 4.69) is 4.98 Å². The molecule has 1 aliphatic rings. The van der Waals surface area contributed by atoms with Gasteiger partial charge in [-0.3, -0.25) is 4.98 Å². The van der Waals surface area contributed by atoms with Gasteiger partial charge in [0, 0.05) is 18.5 Å². The van der Waals surface area contributed by atoms with Crippen molar-refractivity contribution in [3.8, 4) is 11.5 Å². The molecule has 1 aromatic carbocycles. The lowest BCUT2D eigenvalue weighted by Gasteiger charge is -2.10. The minimum atomic E-state index is -0.401. The van der Waals surface area contributed by atoms with E-state index in [0.717, 1.165) is 5.56 Å². The van der Waals surface area contributed by atoms with E-state index in [-0.39, 0.29) is 0 Å². The number of cyclic esters (lactones) is 1. The molecule has 2 aromatic rings. The number of hydrogen-bond acceptors (Lipinski definition) is 5. The first-order valence-corrected chi connectivity index (χ1v) is 6.99. The van der Waals surface area contributed by atoms with Crippen LogP contribution in [0.2, 0.25) is 0 Å². The number of methoxy groups -OCH3 is 2. The second kappa shape index (κ2) is 6.36. The van der Waals surface area contributed by atoms with Gasteiger partial charge in [-0.2, -0.15) is 0 Å². The zero-order valence-electron chi connectivity index (χ0n) is 12.8. The summed E-state index contributed by atoms with van der Waals surface area (Å²) in [7, 11) is 3.14. The van der Waals surface area contributed by atoms with E-state index in [1.807, 2.05) is 12.1 Å². The van der Waals surface area contributed by atoms with Crippen molar-refractivity contribution in [3.63, 3.8) is 0 Å². The van der Waals surface area contributed by atoms with Crippen molar-refractivity contribution in [1.82, 2.24) is 4.98 Å². The fourth-order valence-electron chi connectivity index (χ4n) is 2.26. The Morgan fingerprint density at radius 3 is 2.74 bits per heavy atom. The molecular formula is C18H15NO4. The van der Waals surface area contributed by atoms with Gasteiger partial charge in [0.1, 0.15) is 17.3 Å². The third-order valence-corrected chi connectivity index (χ3v) is 3.41. The van der Waals surface area contributed by atoms with Crippen LogP contribution in [0.1, 0.15) is 11.1 Å². The van der Waals surface area contributed by atoms with Gasteiger partial charge in [0.25, 0.3) is 0 Å². The van der Waals surface area contributed by atoms with E-state index in [9.17, 15) is 4.79 Å². The van der Waals surface area contributed by atoms with Gasteiger partial charge in [0.2, 0.25) is 0 Å². The van der Waals surface area contributed by atoms with Crippen molar-refractivity contribution in [2.45, 2.75) is 0 Å². The molecule has 0 bridgehead atoms. The Morgan fingerprint density at radius 1 is 1.17 bits per heavy atom. The number of rotatable bonds is 4. The zero-order chi connectivity index (χ0) is 16.2. The van der Waals surface area contributed by atoms with Crippen LogP contribution < -0.4 is 9.47 Å². The minimum Gasteiger partial charge on any atom is -0.497 e. The summed E-state index contributed by atoms with van der Waals surface area (Å²) in [5, 5.41) is 0. The standard InChI is InChI=1S/C18H15NO4/c1-21-14-5-6-15(16(10-14)22-2)17-9-13(18(20)23-17)8-12-4-3-7-19-11-12/h3-11H,1-2H3/b13-8-. The van der Waals surface area contributed by atoms with Crippen LogP contribution in [0.3, 0.4) is 0 Å². The first kappa shape index (κ1) is 14.8. The number of aromatic nitrogens is 1. The summed E-state index contributed by atoms with van der Waals surface area (Å²) in [5.41, 5.74) is 1.99. The first-order valence-electron chi connectivity index (χ1n) is 6.99. The highest BCUT2D eigenvalue weighted by Gasteiger charge is 2.24. The third kappa shape index (κ3) is 3.08. The van der Waals surface area contributed by atoms with Crippen LogP contribution in [0.5, 0.6) is 11.5 Å². The van der Waals surface area contributed by atoms with Crippen molar-refractivity contribution < 1.29 is 19.0 Å². The summed E-state index contributed by atoms with van der Waals surface area (Å²) in [6.07, 6.45) is 6.79. The van der Waals surface area contributed by atoms with Crippen LogP contribution in [0.4, 0.5) is 0 Å². The number of hydrogen-bond donors (Lipinski definition) is 0. The average molecular weight is 309 g/mol. The van der Waals surface area contributed by atoms with E-state index in [1.54, 1.807) is 57.0 Å². The van der Waals surface area contributed by atoms with Gasteiger partial charge in [0.15, 0.2) is 0 Å². The molecule has 5 nitrogen and oxygen atoms in total. The smallest absolute Gasteiger partial charge is 0.343 e. The highest BCUT2D eigenvalue weighted by atomic mass is 16.5. The van der Waals surface area contributed by atoms with E-state index in [0.29, 0.717) is 28.4 Å². The maximum Gasteiger partial charge on any atom is 0.343 e. The Morgan fingerprint density at radius 2 is 2.04 bits per heavy atom. The number of carbonyl (C=O) groups excluding carboxylic acids is 1. The zero-order valence-corrected chi connectivity index (χ0v) is 12.8. The molecule has 1 aromatic heterocycles.